The summed E-state index contributed by atoms with van der Waals surface area (Å²) in [5.41, 5.74) is 2.81. The lowest BCUT2D eigenvalue weighted by molar-refractivity contribution is 0.0766. The summed E-state index contributed by atoms with van der Waals surface area (Å²) in [6.45, 7) is 5.09. The minimum atomic E-state index is -0.232. The van der Waals surface area contributed by atoms with Crippen molar-refractivity contribution >= 4 is 11.0 Å². The van der Waals surface area contributed by atoms with Gasteiger partial charge in [0.2, 0.25) is 0 Å². The summed E-state index contributed by atoms with van der Waals surface area (Å²) in [4.78, 5) is 17.6. The standard InChI is InChI=1S/C26H34FN5/c27-22-10-11-24-25(14-22)30-26(29-24)19-31(16-20-6-4-12-28-15-20)17-21-7-5-13-32(18-21)23-8-2-1-3-9-23/h4,6,10-12,14-15,21,23H,1-3,5,7-9,13,16-19H2,(H,29,30). The first kappa shape index (κ1) is 21.5. The molecule has 1 atom stereocenters. The van der Waals surface area contributed by atoms with Gasteiger partial charge in [-0.1, -0.05) is 25.3 Å². The summed E-state index contributed by atoms with van der Waals surface area (Å²) < 4.78 is 13.6. The van der Waals surface area contributed by atoms with E-state index in [0.717, 1.165) is 42.5 Å². The van der Waals surface area contributed by atoms with Crippen LogP contribution >= 0.6 is 0 Å². The number of halogens is 1. The van der Waals surface area contributed by atoms with Crippen LogP contribution in [0.15, 0.2) is 42.7 Å². The summed E-state index contributed by atoms with van der Waals surface area (Å²) in [5, 5.41) is 0. The molecule has 1 saturated carbocycles. The van der Waals surface area contributed by atoms with Gasteiger partial charge in [0.15, 0.2) is 0 Å². The van der Waals surface area contributed by atoms with E-state index in [1.165, 1.54) is 75.7 Å². The van der Waals surface area contributed by atoms with Crippen LogP contribution in [0.4, 0.5) is 4.39 Å². The van der Waals surface area contributed by atoms with E-state index in [4.69, 9.17) is 4.98 Å². The maximum atomic E-state index is 13.6. The highest BCUT2D eigenvalue weighted by molar-refractivity contribution is 5.74. The van der Waals surface area contributed by atoms with Crippen molar-refractivity contribution in [1.29, 1.82) is 0 Å². The van der Waals surface area contributed by atoms with Crippen LogP contribution in [-0.2, 0) is 13.1 Å². The Hall–Kier alpha value is -2.31. The number of hydrogen-bond donors (Lipinski definition) is 1. The third kappa shape index (κ3) is 5.36. The second-order valence-corrected chi connectivity index (χ2v) is 9.67. The van der Waals surface area contributed by atoms with Crippen molar-refractivity contribution in [2.75, 3.05) is 19.6 Å². The molecule has 1 N–H and O–H groups in total. The SMILES string of the molecule is Fc1ccc2nc(CN(Cc3cccnc3)CC3CCCN(C4CCCCC4)C3)[nH]c2c1. The number of aromatic amines is 1. The van der Waals surface area contributed by atoms with Gasteiger partial charge in [0.25, 0.3) is 0 Å². The van der Waals surface area contributed by atoms with E-state index in [1.807, 2.05) is 18.5 Å². The first-order valence-corrected chi connectivity index (χ1v) is 12.2. The van der Waals surface area contributed by atoms with Crippen LogP contribution in [0.3, 0.4) is 0 Å². The van der Waals surface area contributed by atoms with Gasteiger partial charge >= 0.3 is 0 Å². The highest BCUT2D eigenvalue weighted by atomic mass is 19.1. The third-order valence-corrected chi connectivity index (χ3v) is 7.15. The van der Waals surface area contributed by atoms with Crippen LogP contribution in [0.25, 0.3) is 11.0 Å². The maximum Gasteiger partial charge on any atom is 0.125 e. The molecule has 0 bridgehead atoms. The number of likely N-dealkylation sites (tertiary alicyclic amines) is 1. The number of hydrogen-bond acceptors (Lipinski definition) is 4. The molecule has 1 aliphatic heterocycles. The highest BCUT2D eigenvalue weighted by Crippen LogP contribution is 2.28. The molecule has 1 unspecified atom stereocenters. The number of rotatable bonds is 7. The molecule has 2 aromatic heterocycles. The Morgan fingerprint density at radius 2 is 1.97 bits per heavy atom. The lowest BCUT2D eigenvalue weighted by Crippen LogP contribution is -2.46. The highest BCUT2D eigenvalue weighted by Gasteiger charge is 2.28. The zero-order chi connectivity index (χ0) is 21.8. The van der Waals surface area contributed by atoms with Crippen LogP contribution in [-0.4, -0.2) is 50.4 Å². The number of aromatic nitrogens is 3. The Morgan fingerprint density at radius 1 is 1.06 bits per heavy atom. The van der Waals surface area contributed by atoms with E-state index in [2.05, 4.69) is 25.8 Å². The second-order valence-electron chi connectivity index (χ2n) is 9.67. The van der Waals surface area contributed by atoms with Crippen LogP contribution < -0.4 is 0 Å². The number of pyridine rings is 1. The molecule has 0 radical (unpaired) electrons. The van der Waals surface area contributed by atoms with Gasteiger partial charge in [0.1, 0.15) is 11.6 Å². The lowest BCUT2D eigenvalue weighted by Gasteiger charge is -2.41. The zero-order valence-corrected chi connectivity index (χ0v) is 18.8. The summed E-state index contributed by atoms with van der Waals surface area (Å²) in [6.07, 6.45) is 13.3. The third-order valence-electron chi connectivity index (χ3n) is 7.15. The molecular formula is C26H34FN5. The zero-order valence-electron chi connectivity index (χ0n) is 18.8. The van der Waals surface area contributed by atoms with Crippen LogP contribution in [0.5, 0.6) is 0 Å². The minimum absolute atomic E-state index is 0.232. The molecule has 1 aromatic carbocycles. The first-order valence-electron chi connectivity index (χ1n) is 12.2. The Labute approximate surface area is 190 Å². The fraction of sp³-hybridized carbons (Fsp3) is 0.538. The van der Waals surface area contributed by atoms with Gasteiger partial charge in [-0.05, 0) is 68.0 Å². The van der Waals surface area contributed by atoms with Crippen LogP contribution in [0.1, 0.15) is 56.3 Å². The van der Waals surface area contributed by atoms with Gasteiger partial charge in [-0.25, -0.2) is 9.37 Å². The van der Waals surface area contributed by atoms with Gasteiger partial charge in [-0.2, -0.15) is 0 Å². The normalized spacial score (nSPS) is 20.9. The Bertz CT molecular complexity index is 998. The average Bonchev–Trinajstić information content (AvgIpc) is 3.22. The van der Waals surface area contributed by atoms with Crippen LogP contribution in [0.2, 0.25) is 0 Å². The van der Waals surface area contributed by atoms with Crippen molar-refractivity contribution in [1.82, 2.24) is 24.8 Å². The van der Waals surface area contributed by atoms with Gasteiger partial charge in [-0.3, -0.25) is 9.88 Å². The van der Waals surface area contributed by atoms with Crippen molar-refractivity contribution in [3.05, 3.63) is 59.9 Å². The van der Waals surface area contributed by atoms with Gasteiger partial charge in [-0.15, -0.1) is 0 Å². The van der Waals surface area contributed by atoms with E-state index in [0.29, 0.717) is 5.92 Å². The quantitative estimate of drug-likeness (QED) is 0.558. The topological polar surface area (TPSA) is 48.1 Å². The molecule has 3 aromatic rings. The molecule has 2 aliphatic rings. The van der Waals surface area contributed by atoms with E-state index in [-0.39, 0.29) is 5.82 Å². The minimum Gasteiger partial charge on any atom is -0.341 e. The largest absolute Gasteiger partial charge is 0.341 e. The molecule has 2 fully saturated rings. The van der Waals surface area contributed by atoms with E-state index < -0.39 is 0 Å². The Kier molecular flexibility index (Phi) is 6.79. The monoisotopic (exact) mass is 435 g/mol. The van der Waals surface area contributed by atoms with Crippen molar-refractivity contribution in [2.45, 2.75) is 64.1 Å². The van der Waals surface area contributed by atoms with Crippen molar-refractivity contribution in [3.63, 3.8) is 0 Å². The molecule has 6 heteroatoms. The molecule has 32 heavy (non-hydrogen) atoms. The number of nitrogens with one attached hydrogen (secondary N) is 1. The van der Waals surface area contributed by atoms with Crippen molar-refractivity contribution in [3.8, 4) is 0 Å². The molecular weight excluding hydrogens is 401 g/mol. The molecule has 1 aliphatic carbocycles. The Morgan fingerprint density at radius 3 is 2.81 bits per heavy atom. The maximum absolute atomic E-state index is 13.6. The molecule has 3 heterocycles. The number of imidazole rings is 1. The van der Waals surface area contributed by atoms with Crippen molar-refractivity contribution < 1.29 is 4.39 Å². The van der Waals surface area contributed by atoms with E-state index in [9.17, 15) is 4.39 Å². The van der Waals surface area contributed by atoms with Crippen molar-refractivity contribution in [2.24, 2.45) is 5.92 Å². The first-order chi connectivity index (χ1) is 15.7. The van der Waals surface area contributed by atoms with Crippen LogP contribution in [0, 0.1) is 11.7 Å². The summed E-state index contributed by atoms with van der Waals surface area (Å²) in [5.74, 6) is 1.34. The number of piperidine rings is 1. The van der Waals surface area contributed by atoms with Gasteiger partial charge < -0.3 is 9.88 Å². The molecule has 5 rings (SSSR count). The molecule has 170 valence electrons. The number of nitrogens with zero attached hydrogens (tertiary/aromatic N) is 4. The molecule has 5 nitrogen and oxygen atoms in total. The second kappa shape index (κ2) is 10.1. The molecule has 1 saturated heterocycles. The summed E-state index contributed by atoms with van der Waals surface area (Å²) >= 11 is 0. The predicted molar refractivity (Wildman–Crippen MR) is 126 cm³/mol. The number of fused-ring (bicyclic) bond motifs is 1. The fourth-order valence-electron chi connectivity index (χ4n) is 5.65. The van der Waals surface area contributed by atoms with Gasteiger partial charge in [0.05, 0.1) is 17.6 Å². The predicted octanol–water partition coefficient (Wildman–Crippen LogP) is 5.14. The lowest BCUT2D eigenvalue weighted by atomic mass is 9.90. The molecule has 0 spiro atoms. The number of H-pyrrole nitrogens is 1. The summed E-state index contributed by atoms with van der Waals surface area (Å²) in [6, 6.07) is 9.69. The van der Waals surface area contributed by atoms with E-state index in [1.54, 1.807) is 6.07 Å². The fourth-order valence-corrected chi connectivity index (χ4v) is 5.65. The van der Waals surface area contributed by atoms with E-state index >= 15 is 0 Å². The van der Waals surface area contributed by atoms with Gasteiger partial charge in [0, 0.05) is 38.1 Å². The number of benzene rings is 1. The smallest absolute Gasteiger partial charge is 0.125 e. The average molecular weight is 436 g/mol. The Balaban J connectivity index is 1.30. The summed E-state index contributed by atoms with van der Waals surface area (Å²) in [7, 11) is 0. The molecule has 0 amide bonds.